The van der Waals surface area contributed by atoms with Crippen molar-refractivity contribution in [2.45, 2.75) is 32.6 Å². The third kappa shape index (κ3) is 3.15. The third-order valence-corrected chi connectivity index (χ3v) is 2.94. The molecule has 0 bridgehead atoms. The van der Waals surface area contributed by atoms with Gasteiger partial charge in [-0.3, -0.25) is 0 Å². The summed E-state index contributed by atoms with van der Waals surface area (Å²) in [6, 6.07) is 10.6. The largest absolute Gasteiger partial charge is 0.330 e. The molecular formula is C13H21N. The molecule has 2 N–H and O–H groups in total. The Morgan fingerprint density at radius 1 is 1.21 bits per heavy atom. The molecule has 2 atom stereocenters. The Labute approximate surface area is 87.3 Å². The summed E-state index contributed by atoms with van der Waals surface area (Å²) in [6.07, 6.45) is 2.44. The van der Waals surface area contributed by atoms with Gasteiger partial charge in [0.15, 0.2) is 0 Å². The summed E-state index contributed by atoms with van der Waals surface area (Å²) in [6.45, 7) is 5.29. The fourth-order valence-electron chi connectivity index (χ4n) is 1.75. The molecule has 1 rings (SSSR count). The van der Waals surface area contributed by atoms with Crippen molar-refractivity contribution in [2.24, 2.45) is 11.7 Å². The van der Waals surface area contributed by atoms with Crippen molar-refractivity contribution >= 4 is 0 Å². The smallest absolute Gasteiger partial charge is 0.000814 e. The molecule has 0 amide bonds. The van der Waals surface area contributed by atoms with Crippen LogP contribution < -0.4 is 5.73 Å². The van der Waals surface area contributed by atoms with E-state index in [0.717, 1.165) is 12.5 Å². The van der Waals surface area contributed by atoms with E-state index in [-0.39, 0.29) is 0 Å². The highest BCUT2D eigenvalue weighted by atomic mass is 14.5. The van der Waals surface area contributed by atoms with Gasteiger partial charge in [0.1, 0.15) is 0 Å². The molecular weight excluding hydrogens is 170 g/mol. The zero-order valence-electron chi connectivity index (χ0n) is 9.24. The molecule has 1 aromatic rings. The van der Waals surface area contributed by atoms with E-state index in [9.17, 15) is 0 Å². The number of rotatable bonds is 5. The number of hydrogen-bond donors (Lipinski definition) is 1. The van der Waals surface area contributed by atoms with Crippen molar-refractivity contribution in [3.63, 3.8) is 0 Å². The van der Waals surface area contributed by atoms with Gasteiger partial charge in [-0.25, -0.2) is 0 Å². The molecule has 1 heteroatoms. The summed E-state index contributed by atoms with van der Waals surface area (Å²) in [7, 11) is 0. The van der Waals surface area contributed by atoms with Crippen molar-refractivity contribution in [1.82, 2.24) is 0 Å². The first-order valence-corrected chi connectivity index (χ1v) is 5.53. The Kier molecular flexibility index (Phi) is 4.68. The van der Waals surface area contributed by atoms with E-state index < -0.39 is 0 Å². The van der Waals surface area contributed by atoms with Crippen molar-refractivity contribution < 1.29 is 0 Å². The maximum absolute atomic E-state index is 5.81. The van der Waals surface area contributed by atoms with Crippen LogP contribution in [0.25, 0.3) is 0 Å². The topological polar surface area (TPSA) is 26.0 Å². The quantitative estimate of drug-likeness (QED) is 0.760. The summed E-state index contributed by atoms with van der Waals surface area (Å²) < 4.78 is 0. The van der Waals surface area contributed by atoms with Gasteiger partial charge in [0, 0.05) is 0 Å². The van der Waals surface area contributed by atoms with Gasteiger partial charge in [0.05, 0.1) is 0 Å². The number of benzene rings is 1. The van der Waals surface area contributed by atoms with Gasteiger partial charge in [0.2, 0.25) is 0 Å². The average molecular weight is 191 g/mol. The Bertz CT molecular complexity index is 243. The summed E-state index contributed by atoms with van der Waals surface area (Å²) in [5.74, 6) is 1.30. The van der Waals surface area contributed by atoms with Crippen molar-refractivity contribution in [1.29, 1.82) is 0 Å². The fourth-order valence-corrected chi connectivity index (χ4v) is 1.75. The van der Waals surface area contributed by atoms with Gasteiger partial charge < -0.3 is 5.73 Å². The minimum atomic E-state index is 0.533. The van der Waals surface area contributed by atoms with Crippen LogP contribution >= 0.6 is 0 Å². The number of hydrogen-bond acceptors (Lipinski definition) is 1. The summed E-state index contributed by atoms with van der Waals surface area (Å²) in [5, 5.41) is 0. The van der Waals surface area contributed by atoms with E-state index in [1.165, 1.54) is 18.4 Å². The van der Waals surface area contributed by atoms with Crippen LogP contribution in [0.4, 0.5) is 0 Å². The maximum atomic E-state index is 5.81. The lowest BCUT2D eigenvalue weighted by Crippen LogP contribution is -2.15. The molecule has 1 nitrogen and oxygen atoms in total. The molecule has 0 aliphatic heterocycles. The van der Waals surface area contributed by atoms with Crippen LogP contribution in [-0.4, -0.2) is 6.54 Å². The van der Waals surface area contributed by atoms with E-state index in [2.05, 4.69) is 44.2 Å². The van der Waals surface area contributed by atoms with E-state index in [1.54, 1.807) is 0 Å². The van der Waals surface area contributed by atoms with E-state index in [0.29, 0.717) is 5.92 Å². The minimum Gasteiger partial charge on any atom is -0.330 e. The highest BCUT2D eigenvalue weighted by Crippen LogP contribution is 2.23. The molecule has 0 saturated heterocycles. The van der Waals surface area contributed by atoms with Crippen LogP contribution in [0.3, 0.4) is 0 Å². The molecule has 1 aromatic carbocycles. The normalized spacial score (nSPS) is 15.1. The molecule has 0 fully saturated rings. The van der Waals surface area contributed by atoms with E-state index >= 15 is 0 Å². The monoisotopic (exact) mass is 191 g/mol. The summed E-state index contributed by atoms with van der Waals surface area (Å²) >= 11 is 0. The van der Waals surface area contributed by atoms with Gasteiger partial charge in [-0.2, -0.15) is 0 Å². The van der Waals surface area contributed by atoms with Crippen LogP contribution in [0.1, 0.15) is 38.2 Å². The Morgan fingerprint density at radius 2 is 1.86 bits per heavy atom. The van der Waals surface area contributed by atoms with Gasteiger partial charge in [0.25, 0.3) is 0 Å². The predicted molar refractivity (Wildman–Crippen MR) is 62.3 cm³/mol. The summed E-state index contributed by atoms with van der Waals surface area (Å²) in [4.78, 5) is 0. The molecule has 0 saturated carbocycles. The molecule has 0 radical (unpaired) electrons. The highest BCUT2D eigenvalue weighted by Gasteiger charge is 2.12. The second kappa shape index (κ2) is 5.82. The second-order valence-corrected chi connectivity index (χ2v) is 4.09. The maximum Gasteiger partial charge on any atom is -0.000814 e. The lowest BCUT2D eigenvalue weighted by atomic mass is 9.88. The SMILES string of the molecule is CCC(C)CC(CN)c1ccccc1. The van der Waals surface area contributed by atoms with Gasteiger partial charge in [-0.05, 0) is 30.4 Å². The lowest BCUT2D eigenvalue weighted by Gasteiger charge is -2.18. The van der Waals surface area contributed by atoms with Crippen LogP contribution in [0, 0.1) is 5.92 Å². The van der Waals surface area contributed by atoms with Gasteiger partial charge in [-0.1, -0.05) is 50.6 Å². The lowest BCUT2D eigenvalue weighted by molar-refractivity contribution is 0.458. The van der Waals surface area contributed by atoms with Crippen molar-refractivity contribution in [3.8, 4) is 0 Å². The minimum absolute atomic E-state index is 0.533. The predicted octanol–water partition coefficient (Wildman–Crippen LogP) is 3.17. The van der Waals surface area contributed by atoms with Gasteiger partial charge in [-0.15, -0.1) is 0 Å². The van der Waals surface area contributed by atoms with Crippen LogP contribution in [0.2, 0.25) is 0 Å². The Morgan fingerprint density at radius 3 is 2.36 bits per heavy atom. The van der Waals surface area contributed by atoms with Crippen molar-refractivity contribution in [3.05, 3.63) is 35.9 Å². The first kappa shape index (κ1) is 11.3. The molecule has 0 aliphatic rings. The third-order valence-electron chi connectivity index (χ3n) is 2.94. The second-order valence-electron chi connectivity index (χ2n) is 4.09. The first-order chi connectivity index (χ1) is 6.77. The van der Waals surface area contributed by atoms with Crippen LogP contribution in [-0.2, 0) is 0 Å². The molecule has 0 spiro atoms. The summed E-state index contributed by atoms with van der Waals surface area (Å²) in [5.41, 5.74) is 7.19. The van der Waals surface area contributed by atoms with Crippen LogP contribution in [0.15, 0.2) is 30.3 Å². The van der Waals surface area contributed by atoms with E-state index in [1.807, 2.05) is 0 Å². The van der Waals surface area contributed by atoms with Crippen molar-refractivity contribution in [2.75, 3.05) is 6.54 Å². The van der Waals surface area contributed by atoms with Gasteiger partial charge >= 0.3 is 0 Å². The number of nitrogens with two attached hydrogens (primary N) is 1. The standard InChI is InChI=1S/C13H21N/c1-3-11(2)9-13(10-14)12-7-5-4-6-8-12/h4-8,11,13H,3,9-10,14H2,1-2H3. The molecule has 0 heterocycles. The first-order valence-electron chi connectivity index (χ1n) is 5.53. The zero-order chi connectivity index (χ0) is 10.4. The molecule has 0 aromatic heterocycles. The average Bonchev–Trinajstić information content (AvgIpc) is 2.26. The molecule has 78 valence electrons. The zero-order valence-corrected chi connectivity index (χ0v) is 9.24. The Balaban J connectivity index is 2.63. The van der Waals surface area contributed by atoms with E-state index in [4.69, 9.17) is 5.73 Å². The highest BCUT2D eigenvalue weighted by molar-refractivity contribution is 5.19. The molecule has 14 heavy (non-hydrogen) atoms. The van der Waals surface area contributed by atoms with Crippen LogP contribution in [0.5, 0.6) is 0 Å². The fraction of sp³-hybridized carbons (Fsp3) is 0.538. The molecule has 0 aliphatic carbocycles. The Hall–Kier alpha value is -0.820. The molecule has 2 unspecified atom stereocenters.